The minimum atomic E-state index is 0.685. The van der Waals surface area contributed by atoms with Gasteiger partial charge in [0.25, 0.3) is 0 Å². The maximum Gasteiger partial charge on any atom is 0.0494 e. The van der Waals surface area contributed by atoms with Gasteiger partial charge in [0.2, 0.25) is 0 Å². The van der Waals surface area contributed by atoms with E-state index in [4.69, 9.17) is 4.74 Å². The summed E-state index contributed by atoms with van der Waals surface area (Å²) >= 11 is 0. The van der Waals surface area contributed by atoms with Crippen molar-refractivity contribution < 1.29 is 4.74 Å². The summed E-state index contributed by atoms with van der Waals surface area (Å²) in [7, 11) is 2.04. The quantitative estimate of drug-likeness (QED) is 0.585. The van der Waals surface area contributed by atoms with Gasteiger partial charge >= 0.3 is 0 Å². The highest BCUT2D eigenvalue weighted by Gasteiger charge is 2.20. The van der Waals surface area contributed by atoms with Gasteiger partial charge in [0.05, 0.1) is 0 Å². The van der Waals surface area contributed by atoms with E-state index >= 15 is 0 Å². The van der Waals surface area contributed by atoms with E-state index < -0.39 is 0 Å². The van der Waals surface area contributed by atoms with Gasteiger partial charge in [-0.25, -0.2) is 0 Å². The zero-order chi connectivity index (χ0) is 9.52. The summed E-state index contributed by atoms with van der Waals surface area (Å²) in [5.74, 6) is 0.909. The molecule has 1 fully saturated rings. The predicted molar refractivity (Wildman–Crippen MR) is 55.9 cm³/mol. The van der Waals surface area contributed by atoms with Crippen molar-refractivity contribution in [1.29, 1.82) is 0 Å². The van der Waals surface area contributed by atoms with Crippen molar-refractivity contribution in [3.63, 3.8) is 0 Å². The summed E-state index contributed by atoms with van der Waals surface area (Å²) in [6.45, 7) is 4.19. The minimum Gasteiger partial charge on any atom is -0.381 e. The molecule has 0 saturated heterocycles. The highest BCUT2D eigenvalue weighted by atomic mass is 16.5. The fraction of sp³-hybridized carbons (Fsp3) is 1.00. The van der Waals surface area contributed by atoms with Gasteiger partial charge in [0, 0.05) is 19.3 Å². The first-order valence-electron chi connectivity index (χ1n) is 5.61. The maximum absolute atomic E-state index is 5.57. The monoisotopic (exact) mass is 185 g/mol. The first-order chi connectivity index (χ1) is 6.36. The van der Waals surface area contributed by atoms with Crippen LogP contribution in [0.2, 0.25) is 0 Å². The molecule has 1 unspecified atom stereocenters. The fourth-order valence-corrected chi connectivity index (χ4v) is 1.52. The molecule has 1 saturated carbocycles. The molecule has 0 radical (unpaired) electrons. The normalized spacial score (nSPS) is 18.9. The molecule has 0 heterocycles. The fourth-order valence-electron chi connectivity index (χ4n) is 1.52. The second kappa shape index (κ2) is 6.39. The Kier molecular flexibility index (Phi) is 5.40. The summed E-state index contributed by atoms with van der Waals surface area (Å²) in [5.41, 5.74) is 0. The van der Waals surface area contributed by atoms with E-state index in [0.29, 0.717) is 6.04 Å². The molecule has 1 atom stereocenters. The molecule has 2 heteroatoms. The van der Waals surface area contributed by atoms with Gasteiger partial charge in [0.15, 0.2) is 0 Å². The lowest BCUT2D eigenvalue weighted by molar-refractivity contribution is 0.119. The standard InChI is InChI=1S/C11H23NO/c1-3-11(12-2)5-4-8-13-9-10-6-7-10/h10-12H,3-9H2,1-2H3. The second-order valence-corrected chi connectivity index (χ2v) is 4.05. The molecular weight excluding hydrogens is 162 g/mol. The molecule has 2 nitrogen and oxygen atoms in total. The third kappa shape index (κ3) is 5.27. The molecule has 13 heavy (non-hydrogen) atoms. The van der Waals surface area contributed by atoms with Gasteiger partial charge < -0.3 is 10.1 Å². The van der Waals surface area contributed by atoms with Crippen molar-refractivity contribution in [2.75, 3.05) is 20.3 Å². The van der Waals surface area contributed by atoms with Crippen LogP contribution in [-0.2, 0) is 4.74 Å². The van der Waals surface area contributed by atoms with E-state index in [-0.39, 0.29) is 0 Å². The summed E-state index contributed by atoms with van der Waals surface area (Å²) < 4.78 is 5.57. The molecule has 1 aliphatic rings. The van der Waals surface area contributed by atoms with Crippen LogP contribution in [0, 0.1) is 5.92 Å². The zero-order valence-corrected chi connectivity index (χ0v) is 9.01. The lowest BCUT2D eigenvalue weighted by Gasteiger charge is -2.13. The van der Waals surface area contributed by atoms with E-state index in [1.807, 2.05) is 7.05 Å². The Morgan fingerprint density at radius 1 is 1.46 bits per heavy atom. The van der Waals surface area contributed by atoms with E-state index in [1.165, 1.54) is 32.1 Å². The van der Waals surface area contributed by atoms with Crippen LogP contribution in [0.5, 0.6) is 0 Å². The Labute approximate surface area is 82.0 Å². The molecule has 78 valence electrons. The Hall–Kier alpha value is -0.0800. The molecule has 0 aliphatic heterocycles. The number of hydrogen-bond acceptors (Lipinski definition) is 2. The number of hydrogen-bond donors (Lipinski definition) is 1. The van der Waals surface area contributed by atoms with Crippen LogP contribution in [0.3, 0.4) is 0 Å². The van der Waals surface area contributed by atoms with Gasteiger partial charge in [-0.15, -0.1) is 0 Å². The van der Waals surface area contributed by atoms with Crippen LogP contribution in [0.1, 0.15) is 39.0 Å². The summed E-state index contributed by atoms with van der Waals surface area (Å²) in [4.78, 5) is 0. The van der Waals surface area contributed by atoms with Gasteiger partial charge in [-0.1, -0.05) is 6.92 Å². The third-order valence-corrected chi connectivity index (χ3v) is 2.79. The molecule has 1 N–H and O–H groups in total. The van der Waals surface area contributed by atoms with E-state index in [1.54, 1.807) is 0 Å². The van der Waals surface area contributed by atoms with E-state index in [0.717, 1.165) is 19.1 Å². The third-order valence-electron chi connectivity index (χ3n) is 2.79. The molecule has 1 aliphatic carbocycles. The molecule has 0 aromatic carbocycles. The topological polar surface area (TPSA) is 21.3 Å². The van der Waals surface area contributed by atoms with Crippen LogP contribution in [0.4, 0.5) is 0 Å². The van der Waals surface area contributed by atoms with Crippen molar-refractivity contribution in [2.45, 2.75) is 45.1 Å². The Morgan fingerprint density at radius 2 is 2.23 bits per heavy atom. The highest BCUT2D eigenvalue weighted by Crippen LogP contribution is 2.28. The van der Waals surface area contributed by atoms with E-state index in [2.05, 4.69) is 12.2 Å². The van der Waals surface area contributed by atoms with Gasteiger partial charge in [-0.3, -0.25) is 0 Å². The molecule has 0 amide bonds. The zero-order valence-electron chi connectivity index (χ0n) is 9.01. The number of rotatable bonds is 8. The van der Waals surface area contributed by atoms with Crippen molar-refractivity contribution in [2.24, 2.45) is 5.92 Å². The van der Waals surface area contributed by atoms with Crippen LogP contribution in [0.25, 0.3) is 0 Å². The maximum atomic E-state index is 5.57. The van der Waals surface area contributed by atoms with Gasteiger partial charge in [0.1, 0.15) is 0 Å². The van der Waals surface area contributed by atoms with Gasteiger partial charge in [-0.05, 0) is 45.1 Å². The summed E-state index contributed by atoms with van der Waals surface area (Å²) in [6.07, 6.45) is 6.46. The largest absolute Gasteiger partial charge is 0.381 e. The van der Waals surface area contributed by atoms with Crippen LogP contribution >= 0.6 is 0 Å². The molecule has 0 aromatic heterocycles. The van der Waals surface area contributed by atoms with E-state index in [9.17, 15) is 0 Å². The van der Waals surface area contributed by atoms with Crippen LogP contribution in [0.15, 0.2) is 0 Å². The molecule has 1 rings (SSSR count). The van der Waals surface area contributed by atoms with Gasteiger partial charge in [-0.2, -0.15) is 0 Å². The predicted octanol–water partition coefficient (Wildman–Crippen LogP) is 2.19. The average Bonchev–Trinajstić information content (AvgIpc) is 2.95. The second-order valence-electron chi connectivity index (χ2n) is 4.05. The lowest BCUT2D eigenvalue weighted by atomic mass is 10.1. The van der Waals surface area contributed by atoms with Crippen molar-refractivity contribution >= 4 is 0 Å². The number of nitrogens with one attached hydrogen (secondary N) is 1. The summed E-state index contributed by atoms with van der Waals surface area (Å²) in [6, 6.07) is 0.685. The molecule has 0 bridgehead atoms. The molecular formula is C11H23NO. The van der Waals surface area contributed by atoms with Crippen molar-refractivity contribution in [3.8, 4) is 0 Å². The van der Waals surface area contributed by atoms with Crippen molar-refractivity contribution in [3.05, 3.63) is 0 Å². The minimum absolute atomic E-state index is 0.685. The average molecular weight is 185 g/mol. The molecule has 0 aromatic rings. The van der Waals surface area contributed by atoms with Crippen LogP contribution in [-0.4, -0.2) is 26.3 Å². The Morgan fingerprint density at radius 3 is 2.77 bits per heavy atom. The summed E-state index contributed by atoms with van der Waals surface area (Å²) in [5, 5.41) is 3.31. The SMILES string of the molecule is CCC(CCCOCC1CC1)NC. The first kappa shape index (κ1) is 11.0. The smallest absolute Gasteiger partial charge is 0.0494 e. The molecule has 0 spiro atoms. The Bertz CT molecular complexity index is 119. The first-order valence-corrected chi connectivity index (χ1v) is 5.61. The van der Waals surface area contributed by atoms with Crippen molar-refractivity contribution in [1.82, 2.24) is 5.32 Å². The lowest BCUT2D eigenvalue weighted by Crippen LogP contribution is -2.24. The highest BCUT2D eigenvalue weighted by molar-refractivity contribution is 4.72. The Balaban J connectivity index is 1.81. The number of ether oxygens (including phenoxy) is 1. The van der Waals surface area contributed by atoms with Crippen LogP contribution < -0.4 is 5.32 Å².